The van der Waals surface area contributed by atoms with Gasteiger partial charge in [-0.2, -0.15) is 5.10 Å². The van der Waals surface area contributed by atoms with Gasteiger partial charge in [-0.15, -0.1) is 0 Å². The number of ether oxygens (including phenoxy) is 1. The molecule has 0 aliphatic carbocycles. The third-order valence-corrected chi connectivity index (χ3v) is 4.70. The van der Waals surface area contributed by atoms with E-state index in [1.165, 1.54) is 4.68 Å². The molecule has 1 amide bonds. The summed E-state index contributed by atoms with van der Waals surface area (Å²) >= 11 is 0. The van der Waals surface area contributed by atoms with E-state index >= 15 is 0 Å². The Morgan fingerprint density at radius 2 is 1.90 bits per heavy atom. The van der Waals surface area contributed by atoms with Gasteiger partial charge in [-0.05, 0) is 48.4 Å². The lowest BCUT2D eigenvalue weighted by Crippen LogP contribution is -2.20. The zero-order valence-electron chi connectivity index (χ0n) is 16.3. The van der Waals surface area contributed by atoms with Crippen molar-refractivity contribution in [1.82, 2.24) is 14.8 Å². The molecule has 6 nitrogen and oxygen atoms in total. The summed E-state index contributed by atoms with van der Waals surface area (Å²) in [7, 11) is 1.61. The molecule has 8 heteroatoms. The molecule has 2 aromatic heterocycles. The van der Waals surface area contributed by atoms with Crippen LogP contribution in [0.5, 0.6) is 5.75 Å². The average molecular weight is 408 g/mol. The van der Waals surface area contributed by atoms with Crippen molar-refractivity contribution in [3.8, 4) is 16.9 Å². The van der Waals surface area contributed by atoms with E-state index in [4.69, 9.17) is 4.74 Å². The third kappa shape index (κ3) is 3.71. The molecule has 0 radical (unpaired) electrons. The molecule has 2 heterocycles. The fourth-order valence-electron chi connectivity index (χ4n) is 3.32. The molecule has 0 unspecified atom stereocenters. The van der Waals surface area contributed by atoms with Crippen LogP contribution in [0.2, 0.25) is 0 Å². The molecular formula is C22H18F2N4O2. The van der Waals surface area contributed by atoms with Crippen molar-refractivity contribution in [3.63, 3.8) is 0 Å². The Kier molecular flexibility index (Phi) is 5.14. The van der Waals surface area contributed by atoms with E-state index in [2.05, 4.69) is 15.4 Å². The Labute approximate surface area is 171 Å². The number of nitrogens with one attached hydrogen (secondary N) is 1. The highest BCUT2D eigenvalue weighted by Gasteiger charge is 2.17. The van der Waals surface area contributed by atoms with Crippen LogP contribution in [0.1, 0.15) is 5.69 Å². The van der Waals surface area contributed by atoms with Crippen LogP contribution in [0.25, 0.3) is 22.2 Å². The van der Waals surface area contributed by atoms with E-state index in [1.807, 2.05) is 37.3 Å². The first kappa shape index (κ1) is 19.5. The van der Waals surface area contributed by atoms with Crippen molar-refractivity contribution < 1.29 is 18.3 Å². The maximum Gasteiger partial charge on any atom is 0.246 e. The second-order valence-corrected chi connectivity index (χ2v) is 6.70. The molecule has 1 N–H and O–H groups in total. The highest BCUT2D eigenvalue weighted by Crippen LogP contribution is 2.31. The number of rotatable bonds is 5. The largest absolute Gasteiger partial charge is 0.497 e. The van der Waals surface area contributed by atoms with Gasteiger partial charge in [0.05, 0.1) is 18.5 Å². The number of hydrogen-bond acceptors (Lipinski definition) is 4. The molecule has 0 saturated carbocycles. The summed E-state index contributed by atoms with van der Waals surface area (Å²) in [6.45, 7) is 1.64. The van der Waals surface area contributed by atoms with Gasteiger partial charge in [0, 0.05) is 17.6 Å². The number of amides is 1. The molecule has 2 aromatic carbocycles. The fraction of sp³-hybridized carbons (Fsp3) is 0.136. The molecule has 4 rings (SSSR count). The average Bonchev–Trinajstić information content (AvgIpc) is 3.06. The quantitative estimate of drug-likeness (QED) is 0.534. The number of nitrogens with zero attached hydrogens (tertiary/aromatic N) is 3. The van der Waals surface area contributed by atoms with E-state index in [-0.39, 0.29) is 12.2 Å². The molecule has 30 heavy (non-hydrogen) atoms. The zero-order chi connectivity index (χ0) is 21.3. The summed E-state index contributed by atoms with van der Waals surface area (Å²) in [6.07, 6.45) is 1.64. The normalized spacial score (nSPS) is 10.9. The number of aryl methyl sites for hydroxylation is 1. The predicted molar refractivity (Wildman–Crippen MR) is 109 cm³/mol. The van der Waals surface area contributed by atoms with Crippen molar-refractivity contribution in [2.75, 3.05) is 12.4 Å². The summed E-state index contributed by atoms with van der Waals surface area (Å²) < 4.78 is 33.8. The van der Waals surface area contributed by atoms with E-state index in [9.17, 15) is 13.6 Å². The van der Waals surface area contributed by atoms with Gasteiger partial charge in [-0.25, -0.2) is 18.4 Å². The van der Waals surface area contributed by atoms with Crippen molar-refractivity contribution in [2.24, 2.45) is 0 Å². The maximum absolute atomic E-state index is 13.8. The standard InChI is InChI=1S/C22H18F2N4O2/c1-13-21-17(14-3-6-16(30-2)7-4-14)9-10-25-22(21)28(27-13)12-20(29)26-19-11-15(23)5-8-18(19)24/h3-11H,12H2,1-2H3,(H,26,29). The number of hydrogen-bond donors (Lipinski definition) is 1. The summed E-state index contributed by atoms with van der Waals surface area (Å²) in [4.78, 5) is 16.8. The number of carbonyl (C=O) groups excluding carboxylic acids is 1. The molecule has 0 aliphatic heterocycles. The van der Waals surface area contributed by atoms with Crippen LogP contribution in [0.3, 0.4) is 0 Å². The van der Waals surface area contributed by atoms with Gasteiger partial charge < -0.3 is 10.1 Å². The lowest BCUT2D eigenvalue weighted by atomic mass is 10.0. The van der Waals surface area contributed by atoms with E-state index < -0.39 is 17.5 Å². The minimum absolute atomic E-state index is 0.195. The molecule has 0 saturated heterocycles. The summed E-state index contributed by atoms with van der Waals surface area (Å²) in [5, 5.41) is 7.62. The fourth-order valence-corrected chi connectivity index (χ4v) is 3.32. The first-order valence-corrected chi connectivity index (χ1v) is 9.17. The lowest BCUT2D eigenvalue weighted by Gasteiger charge is -2.08. The van der Waals surface area contributed by atoms with Gasteiger partial charge in [0.15, 0.2) is 5.65 Å². The Morgan fingerprint density at radius 1 is 1.13 bits per heavy atom. The van der Waals surface area contributed by atoms with Gasteiger partial charge >= 0.3 is 0 Å². The number of carbonyl (C=O) groups is 1. The van der Waals surface area contributed by atoms with Crippen LogP contribution in [0.15, 0.2) is 54.7 Å². The van der Waals surface area contributed by atoms with Gasteiger partial charge in [0.2, 0.25) is 5.91 Å². The van der Waals surface area contributed by atoms with Crippen molar-refractivity contribution >= 4 is 22.6 Å². The first-order chi connectivity index (χ1) is 14.5. The minimum atomic E-state index is -0.717. The van der Waals surface area contributed by atoms with Crippen LogP contribution in [0, 0.1) is 18.6 Å². The van der Waals surface area contributed by atoms with Crippen LogP contribution in [-0.2, 0) is 11.3 Å². The van der Waals surface area contributed by atoms with Crippen LogP contribution in [0.4, 0.5) is 14.5 Å². The molecule has 4 aromatic rings. The monoisotopic (exact) mass is 408 g/mol. The molecule has 0 atom stereocenters. The number of aromatic nitrogens is 3. The SMILES string of the molecule is COc1ccc(-c2ccnc3c2c(C)nn3CC(=O)Nc2cc(F)ccc2F)cc1. The number of halogens is 2. The van der Waals surface area contributed by atoms with Crippen LogP contribution >= 0.6 is 0 Å². The number of fused-ring (bicyclic) bond motifs is 1. The molecular weight excluding hydrogens is 390 g/mol. The van der Waals surface area contributed by atoms with Gasteiger partial charge in [-0.3, -0.25) is 4.79 Å². The second-order valence-electron chi connectivity index (χ2n) is 6.70. The van der Waals surface area contributed by atoms with E-state index in [0.29, 0.717) is 11.3 Å². The first-order valence-electron chi connectivity index (χ1n) is 9.17. The highest BCUT2D eigenvalue weighted by atomic mass is 19.1. The molecule has 0 bridgehead atoms. The van der Waals surface area contributed by atoms with Crippen molar-refractivity contribution in [1.29, 1.82) is 0 Å². The maximum atomic E-state index is 13.8. The smallest absolute Gasteiger partial charge is 0.246 e. The predicted octanol–water partition coefficient (Wildman–Crippen LogP) is 4.33. The topological polar surface area (TPSA) is 69.0 Å². The van der Waals surface area contributed by atoms with Crippen LogP contribution < -0.4 is 10.1 Å². The molecule has 152 valence electrons. The van der Waals surface area contributed by atoms with Gasteiger partial charge in [0.1, 0.15) is 23.9 Å². The van der Waals surface area contributed by atoms with Crippen molar-refractivity contribution in [3.05, 3.63) is 72.1 Å². The molecule has 0 aliphatic rings. The zero-order valence-corrected chi connectivity index (χ0v) is 16.3. The Morgan fingerprint density at radius 3 is 2.63 bits per heavy atom. The van der Waals surface area contributed by atoms with E-state index in [1.54, 1.807) is 13.3 Å². The Balaban J connectivity index is 1.65. The summed E-state index contributed by atoms with van der Waals surface area (Å²) in [5.41, 5.74) is 2.88. The van der Waals surface area contributed by atoms with Gasteiger partial charge in [-0.1, -0.05) is 12.1 Å². The Bertz CT molecular complexity index is 1240. The molecule has 0 fully saturated rings. The number of benzene rings is 2. The highest BCUT2D eigenvalue weighted by molar-refractivity contribution is 5.96. The second kappa shape index (κ2) is 7.90. The number of pyridine rings is 1. The molecule has 0 spiro atoms. The summed E-state index contributed by atoms with van der Waals surface area (Å²) in [6, 6.07) is 12.4. The summed E-state index contributed by atoms with van der Waals surface area (Å²) in [5.74, 6) is -1.15. The third-order valence-electron chi connectivity index (χ3n) is 4.70. The number of methoxy groups -OCH3 is 1. The van der Waals surface area contributed by atoms with Gasteiger partial charge in [0.25, 0.3) is 0 Å². The Hall–Kier alpha value is -3.81. The van der Waals surface area contributed by atoms with Crippen molar-refractivity contribution in [2.45, 2.75) is 13.5 Å². The lowest BCUT2D eigenvalue weighted by molar-refractivity contribution is -0.116. The number of anilines is 1. The van der Waals surface area contributed by atoms with E-state index in [0.717, 1.165) is 40.5 Å². The van der Waals surface area contributed by atoms with Crippen LogP contribution in [-0.4, -0.2) is 27.8 Å². The minimum Gasteiger partial charge on any atom is -0.497 e.